The lowest BCUT2D eigenvalue weighted by Gasteiger charge is -2.30. The maximum atomic E-state index is 13.0. The van der Waals surface area contributed by atoms with Gasteiger partial charge >= 0.3 is 0 Å². The fraction of sp³-hybridized carbons (Fsp3) is 0.417. The molecule has 0 aliphatic carbocycles. The number of rotatable bonds is 9. The van der Waals surface area contributed by atoms with Crippen LogP contribution in [0.5, 0.6) is 0 Å². The number of carbonyl (C=O) groups excluding carboxylic acids is 2. The fourth-order valence-corrected chi connectivity index (χ4v) is 2.98. The van der Waals surface area contributed by atoms with Gasteiger partial charge in [0.25, 0.3) is 0 Å². The van der Waals surface area contributed by atoms with Crippen LogP contribution in [0, 0.1) is 6.92 Å². The van der Waals surface area contributed by atoms with Crippen LogP contribution in [-0.4, -0.2) is 28.8 Å². The molecule has 2 rings (SSSR count). The average molecular weight is 381 g/mol. The van der Waals surface area contributed by atoms with Gasteiger partial charge < -0.3 is 10.2 Å². The van der Waals surface area contributed by atoms with Crippen LogP contribution in [-0.2, 0) is 22.6 Å². The number of hydrogen-bond acceptors (Lipinski definition) is 2. The molecule has 2 amide bonds. The molecule has 0 aromatic heterocycles. The molecule has 0 heterocycles. The zero-order chi connectivity index (χ0) is 20.5. The van der Waals surface area contributed by atoms with Crippen molar-refractivity contribution in [3.8, 4) is 0 Å². The molecule has 0 spiro atoms. The molecule has 150 valence electrons. The number of aryl methyl sites for hydroxylation is 2. The third-order valence-electron chi connectivity index (χ3n) is 5.11. The van der Waals surface area contributed by atoms with Crippen molar-refractivity contribution in [2.24, 2.45) is 0 Å². The van der Waals surface area contributed by atoms with Gasteiger partial charge in [0.15, 0.2) is 0 Å². The molecule has 0 aliphatic heterocycles. The molecular formula is C24H32N2O2. The normalized spacial score (nSPS) is 12.9. The molecule has 2 aromatic rings. The summed E-state index contributed by atoms with van der Waals surface area (Å²) in [7, 11) is 0. The van der Waals surface area contributed by atoms with Crippen LogP contribution in [0.2, 0.25) is 0 Å². The first kappa shape index (κ1) is 21.7. The number of nitrogens with zero attached hydrogens (tertiary/aromatic N) is 1. The third-order valence-corrected chi connectivity index (χ3v) is 5.11. The minimum absolute atomic E-state index is 0.00349. The average Bonchev–Trinajstić information content (AvgIpc) is 2.71. The maximum Gasteiger partial charge on any atom is 0.242 e. The van der Waals surface area contributed by atoms with Crippen molar-refractivity contribution in [1.29, 1.82) is 0 Å². The second-order valence-electron chi connectivity index (χ2n) is 7.49. The van der Waals surface area contributed by atoms with E-state index >= 15 is 0 Å². The Hall–Kier alpha value is -2.62. The molecule has 1 N–H and O–H groups in total. The van der Waals surface area contributed by atoms with Gasteiger partial charge in [0.1, 0.15) is 6.04 Å². The monoisotopic (exact) mass is 380 g/mol. The van der Waals surface area contributed by atoms with Crippen molar-refractivity contribution >= 4 is 11.8 Å². The van der Waals surface area contributed by atoms with E-state index in [2.05, 4.69) is 5.32 Å². The number of nitrogens with one attached hydrogen (secondary N) is 1. The van der Waals surface area contributed by atoms with Gasteiger partial charge in [-0.2, -0.15) is 0 Å². The van der Waals surface area contributed by atoms with E-state index in [9.17, 15) is 9.59 Å². The molecule has 2 aromatic carbocycles. The van der Waals surface area contributed by atoms with E-state index in [1.54, 1.807) is 4.90 Å². The summed E-state index contributed by atoms with van der Waals surface area (Å²) in [5.41, 5.74) is 3.33. The second-order valence-corrected chi connectivity index (χ2v) is 7.49. The van der Waals surface area contributed by atoms with Gasteiger partial charge in [0.2, 0.25) is 11.8 Å². The molecule has 0 saturated heterocycles. The number of hydrogen-bond donors (Lipinski definition) is 1. The van der Waals surface area contributed by atoms with E-state index in [0.717, 1.165) is 17.5 Å². The Morgan fingerprint density at radius 3 is 2.21 bits per heavy atom. The lowest BCUT2D eigenvalue weighted by atomic mass is 10.1. The molecule has 4 heteroatoms. The fourth-order valence-electron chi connectivity index (χ4n) is 2.98. The first-order valence-corrected chi connectivity index (χ1v) is 10.1. The first-order chi connectivity index (χ1) is 13.4. The Balaban J connectivity index is 2.12. The summed E-state index contributed by atoms with van der Waals surface area (Å²) in [6.45, 7) is 8.29. The zero-order valence-corrected chi connectivity index (χ0v) is 17.4. The highest BCUT2D eigenvalue weighted by Crippen LogP contribution is 2.14. The zero-order valence-electron chi connectivity index (χ0n) is 17.4. The maximum absolute atomic E-state index is 13.0. The van der Waals surface area contributed by atoms with Gasteiger partial charge in [-0.3, -0.25) is 9.59 Å². The number of carbonyl (C=O) groups is 2. The summed E-state index contributed by atoms with van der Waals surface area (Å²) in [5, 5.41) is 3.00. The van der Waals surface area contributed by atoms with Crippen molar-refractivity contribution in [3.05, 3.63) is 71.3 Å². The Morgan fingerprint density at radius 1 is 0.964 bits per heavy atom. The molecule has 2 unspecified atom stereocenters. The van der Waals surface area contributed by atoms with Crippen molar-refractivity contribution in [2.75, 3.05) is 0 Å². The lowest BCUT2D eigenvalue weighted by molar-refractivity contribution is -0.140. The van der Waals surface area contributed by atoms with Crippen LogP contribution < -0.4 is 5.32 Å². The van der Waals surface area contributed by atoms with Crippen LogP contribution in [0.1, 0.15) is 50.3 Å². The lowest BCUT2D eigenvalue weighted by Crippen LogP contribution is -2.49. The topological polar surface area (TPSA) is 49.4 Å². The molecule has 0 bridgehead atoms. The van der Waals surface area contributed by atoms with Crippen LogP contribution >= 0.6 is 0 Å². The van der Waals surface area contributed by atoms with Gasteiger partial charge in [0, 0.05) is 19.0 Å². The smallest absolute Gasteiger partial charge is 0.242 e. The number of amides is 2. The highest BCUT2D eigenvalue weighted by atomic mass is 16.2. The number of benzene rings is 2. The van der Waals surface area contributed by atoms with E-state index in [1.807, 2.05) is 82.3 Å². The minimum Gasteiger partial charge on any atom is -0.352 e. The van der Waals surface area contributed by atoms with Gasteiger partial charge in [-0.25, -0.2) is 0 Å². The van der Waals surface area contributed by atoms with Crippen LogP contribution in [0.25, 0.3) is 0 Å². The molecule has 0 aliphatic rings. The van der Waals surface area contributed by atoms with Gasteiger partial charge in [-0.1, -0.05) is 67.1 Å². The predicted molar refractivity (Wildman–Crippen MR) is 114 cm³/mol. The Morgan fingerprint density at radius 2 is 1.61 bits per heavy atom. The molecule has 0 saturated carbocycles. The van der Waals surface area contributed by atoms with Gasteiger partial charge in [-0.05, 0) is 44.7 Å². The minimum atomic E-state index is -0.515. The summed E-state index contributed by atoms with van der Waals surface area (Å²) in [6.07, 6.45) is 1.92. The third kappa shape index (κ3) is 6.52. The van der Waals surface area contributed by atoms with Crippen LogP contribution in [0.3, 0.4) is 0 Å². The van der Waals surface area contributed by atoms with Crippen LogP contribution in [0.15, 0.2) is 54.6 Å². The van der Waals surface area contributed by atoms with E-state index in [0.29, 0.717) is 19.4 Å². The molecule has 0 fully saturated rings. The Labute approximate surface area is 169 Å². The summed E-state index contributed by atoms with van der Waals surface area (Å²) in [5.74, 6) is -0.106. The quantitative estimate of drug-likeness (QED) is 0.707. The molecular weight excluding hydrogens is 348 g/mol. The molecule has 2 atom stereocenters. The Kier molecular flexibility index (Phi) is 8.24. The van der Waals surface area contributed by atoms with Gasteiger partial charge in [0.05, 0.1) is 0 Å². The predicted octanol–water partition coefficient (Wildman–Crippen LogP) is 4.26. The highest BCUT2D eigenvalue weighted by molar-refractivity contribution is 5.87. The van der Waals surface area contributed by atoms with E-state index < -0.39 is 6.04 Å². The second kappa shape index (κ2) is 10.6. The first-order valence-electron chi connectivity index (χ1n) is 10.1. The van der Waals surface area contributed by atoms with Crippen molar-refractivity contribution < 1.29 is 9.59 Å². The van der Waals surface area contributed by atoms with Crippen molar-refractivity contribution in [2.45, 2.75) is 65.6 Å². The van der Waals surface area contributed by atoms with E-state index in [-0.39, 0.29) is 17.9 Å². The summed E-state index contributed by atoms with van der Waals surface area (Å²) in [4.78, 5) is 27.4. The standard InChI is InChI=1S/C24H32N2O2/c1-5-19(3)25-24(28)20(4)26(17-22-13-11-18(2)12-14-22)23(27)16-15-21-9-7-6-8-10-21/h6-14,19-20H,5,15-17H2,1-4H3,(H,25,28). The molecule has 28 heavy (non-hydrogen) atoms. The molecule has 0 radical (unpaired) electrons. The summed E-state index contributed by atoms with van der Waals surface area (Å²) >= 11 is 0. The van der Waals surface area contributed by atoms with Gasteiger partial charge in [-0.15, -0.1) is 0 Å². The van der Waals surface area contributed by atoms with E-state index in [4.69, 9.17) is 0 Å². The SMILES string of the molecule is CCC(C)NC(=O)C(C)N(Cc1ccc(C)cc1)C(=O)CCc1ccccc1. The van der Waals surface area contributed by atoms with Crippen molar-refractivity contribution in [1.82, 2.24) is 10.2 Å². The largest absolute Gasteiger partial charge is 0.352 e. The highest BCUT2D eigenvalue weighted by Gasteiger charge is 2.26. The summed E-state index contributed by atoms with van der Waals surface area (Å²) in [6, 6.07) is 17.7. The van der Waals surface area contributed by atoms with Crippen LogP contribution in [0.4, 0.5) is 0 Å². The summed E-state index contributed by atoms with van der Waals surface area (Å²) < 4.78 is 0. The van der Waals surface area contributed by atoms with Crippen molar-refractivity contribution in [3.63, 3.8) is 0 Å². The Bertz CT molecular complexity index is 756. The van der Waals surface area contributed by atoms with E-state index in [1.165, 1.54) is 5.56 Å². The molecule has 4 nitrogen and oxygen atoms in total.